The van der Waals surface area contributed by atoms with Crippen molar-refractivity contribution in [3.63, 3.8) is 0 Å². The van der Waals surface area contributed by atoms with Gasteiger partial charge in [0.05, 0.1) is 13.2 Å². The third-order valence-electron chi connectivity index (χ3n) is 21.9. The highest BCUT2D eigenvalue weighted by molar-refractivity contribution is 5.78. The van der Waals surface area contributed by atoms with E-state index in [-0.39, 0.29) is 47.9 Å². The Bertz CT molecular complexity index is 1760. The standard InChI is InChI=1S/C93H180N4O10/c1-7-13-19-25-31-33-35-43-55-72-90(100)104-84-63-49-61-80-96(78-59-47-37-45-57-74-92(102)106-86(66-51-39-27-21-15-9-3)67-52-40-28-22-16-10-4)82-76-94-88(98)70-65-71-89(99)95-77-83-97(81-62-50-64-85-105-91(101)73-56-44-36-34-32-26-20-14-8-2)79-60-48-38-46-58-75-93(103)107-87(68-53-41-29-23-17-11-5)69-54-42-30-24-18-12-6/h86-87H,7-85H2,1-6H3,(H,94,98)(H,95,99). The van der Waals surface area contributed by atoms with Crippen LogP contribution in [0.1, 0.15) is 485 Å². The lowest BCUT2D eigenvalue weighted by atomic mass is 10.0. The van der Waals surface area contributed by atoms with E-state index < -0.39 is 0 Å². The number of hydrogen-bond donors (Lipinski definition) is 2. The Morgan fingerprint density at radius 3 is 0.701 bits per heavy atom. The smallest absolute Gasteiger partial charge is 0.306 e. The maximum Gasteiger partial charge on any atom is 0.306 e. The second-order valence-corrected chi connectivity index (χ2v) is 32.4. The number of nitrogens with zero attached hydrogens (tertiary/aromatic N) is 2. The van der Waals surface area contributed by atoms with Crippen molar-refractivity contribution in [2.75, 3.05) is 65.6 Å². The number of rotatable bonds is 88. The van der Waals surface area contributed by atoms with E-state index in [9.17, 15) is 28.8 Å². The van der Waals surface area contributed by atoms with Crippen molar-refractivity contribution in [1.82, 2.24) is 20.4 Å². The largest absolute Gasteiger partial charge is 0.466 e. The average Bonchev–Trinajstić information content (AvgIpc) is 1.04. The van der Waals surface area contributed by atoms with Gasteiger partial charge in [-0.05, 0) is 161 Å². The summed E-state index contributed by atoms with van der Waals surface area (Å²) in [6, 6.07) is 0. The Morgan fingerprint density at radius 2 is 0.439 bits per heavy atom. The van der Waals surface area contributed by atoms with E-state index in [1.54, 1.807) is 0 Å². The summed E-state index contributed by atoms with van der Waals surface area (Å²) in [6.45, 7) is 20.8. The second-order valence-electron chi connectivity index (χ2n) is 32.4. The Morgan fingerprint density at radius 1 is 0.224 bits per heavy atom. The number of carbonyl (C=O) groups excluding carboxylic acids is 6. The van der Waals surface area contributed by atoms with Crippen molar-refractivity contribution in [3.05, 3.63) is 0 Å². The summed E-state index contributed by atoms with van der Waals surface area (Å²) in [7, 11) is 0. The molecule has 0 spiro atoms. The summed E-state index contributed by atoms with van der Waals surface area (Å²) < 4.78 is 23.5. The predicted molar refractivity (Wildman–Crippen MR) is 453 cm³/mol. The molecule has 0 atom stereocenters. The minimum Gasteiger partial charge on any atom is -0.466 e. The van der Waals surface area contributed by atoms with Crippen LogP contribution in [0.3, 0.4) is 0 Å². The molecule has 2 N–H and O–H groups in total. The van der Waals surface area contributed by atoms with E-state index in [1.165, 1.54) is 218 Å². The molecule has 0 aliphatic carbocycles. The highest BCUT2D eigenvalue weighted by atomic mass is 16.6. The van der Waals surface area contributed by atoms with Crippen molar-refractivity contribution in [3.8, 4) is 0 Å². The molecule has 0 rings (SSSR count). The van der Waals surface area contributed by atoms with E-state index in [2.05, 4.69) is 62.0 Å². The van der Waals surface area contributed by atoms with Gasteiger partial charge in [-0.15, -0.1) is 0 Å². The van der Waals surface area contributed by atoms with Crippen LogP contribution in [-0.4, -0.2) is 123 Å². The van der Waals surface area contributed by atoms with E-state index in [0.29, 0.717) is 71.2 Å². The number of carbonyl (C=O) groups is 6. The molecule has 0 aromatic rings. The topological polar surface area (TPSA) is 170 Å². The lowest BCUT2D eigenvalue weighted by Crippen LogP contribution is -2.37. The van der Waals surface area contributed by atoms with Crippen LogP contribution in [-0.2, 0) is 47.7 Å². The van der Waals surface area contributed by atoms with Crippen LogP contribution in [0.15, 0.2) is 0 Å². The van der Waals surface area contributed by atoms with Crippen molar-refractivity contribution >= 4 is 35.7 Å². The van der Waals surface area contributed by atoms with Gasteiger partial charge in [0.25, 0.3) is 0 Å². The van der Waals surface area contributed by atoms with Crippen LogP contribution in [0, 0.1) is 0 Å². The molecule has 0 aliphatic rings. The second kappa shape index (κ2) is 85.2. The maximum atomic E-state index is 13.2. The van der Waals surface area contributed by atoms with Gasteiger partial charge in [0, 0.05) is 64.7 Å². The maximum absolute atomic E-state index is 13.2. The Hall–Kier alpha value is -3.26. The van der Waals surface area contributed by atoms with Gasteiger partial charge in [-0.3, -0.25) is 28.8 Å². The molecule has 14 heteroatoms. The van der Waals surface area contributed by atoms with E-state index in [1.807, 2.05) is 0 Å². The first-order chi connectivity index (χ1) is 52.5. The molecule has 14 nitrogen and oxygen atoms in total. The molecule has 632 valence electrons. The first kappa shape index (κ1) is 104. The lowest BCUT2D eigenvalue weighted by Gasteiger charge is -2.23. The number of nitrogens with one attached hydrogen (secondary N) is 2. The molecule has 2 amide bonds. The van der Waals surface area contributed by atoms with Crippen molar-refractivity contribution in [2.24, 2.45) is 0 Å². The number of ether oxygens (including phenoxy) is 4. The fourth-order valence-corrected chi connectivity index (χ4v) is 14.8. The molecule has 0 aromatic carbocycles. The molecule has 0 radical (unpaired) electrons. The molecule has 0 aromatic heterocycles. The fraction of sp³-hybridized carbons (Fsp3) is 0.935. The van der Waals surface area contributed by atoms with Crippen LogP contribution >= 0.6 is 0 Å². The molecule has 0 bridgehead atoms. The lowest BCUT2D eigenvalue weighted by molar-refractivity contribution is -0.151. The van der Waals surface area contributed by atoms with Gasteiger partial charge >= 0.3 is 23.9 Å². The Kier molecular flexibility index (Phi) is 82.6. The van der Waals surface area contributed by atoms with Crippen LogP contribution in [0.5, 0.6) is 0 Å². The first-order valence-electron chi connectivity index (χ1n) is 47.2. The van der Waals surface area contributed by atoms with E-state index in [4.69, 9.17) is 18.9 Å². The van der Waals surface area contributed by atoms with E-state index >= 15 is 0 Å². The van der Waals surface area contributed by atoms with Gasteiger partial charge in [0.2, 0.25) is 11.8 Å². The summed E-state index contributed by atoms with van der Waals surface area (Å²) in [5.74, 6) is -0.235. The summed E-state index contributed by atoms with van der Waals surface area (Å²) in [5, 5.41) is 6.31. The van der Waals surface area contributed by atoms with Crippen LogP contribution in [0.4, 0.5) is 0 Å². The molecule has 0 unspecified atom stereocenters. The zero-order valence-electron chi connectivity index (χ0n) is 72.0. The molecule has 0 saturated heterocycles. The summed E-state index contributed by atoms with van der Waals surface area (Å²) >= 11 is 0. The Labute approximate surface area is 662 Å². The van der Waals surface area contributed by atoms with Gasteiger partial charge in [-0.25, -0.2) is 0 Å². The fourth-order valence-electron chi connectivity index (χ4n) is 14.8. The van der Waals surface area contributed by atoms with Crippen LogP contribution in [0.25, 0.3) is 0 Å². The number of amides is 2. The average molecular weight is 1510 g/mol. The SMILES string of the molecule is CCCCCCCCCCCC(=O)OCCCCCN(CCCCCCCC(=O)OC(CCCCCCCC)CCCCCCCC)CCNC(=O)CCCC(=O)NCCN(CCCCCCCC(=O)OC(CCCCCCCC)CCCCCCCC)CCCCCOC(=O)CCCCCCCCCCC. The zero-order valence-corrected chi connectivity index (χ0v) is 72.0. The molecular weight excluding hydrogens is 1330 g/mol. The third-order valence-corrected chi connectivity index (χ3v) is 21.9. The third kappa shape index (κ3) is 79.2. The van der Waals surface area contributed by atoms with Crippen LogP contribution < -0.4 is 10.6 Å². The summed E-state index contributed by atoms with van der Waals surface area (Å²) in [4.78, 5) is 82.5. The predicted octanol–water partition coefficient (Wildman–Crippen LogP) is 25.8. The zero-order chi connectivity index (χ0) is 77.9. The number of hydrogen-bond acceptors (Lipinski definition) is 12. The minimum absolute atomic E-state index is 0.0210. The van der Waals surface area contributed by atoms with Gasteiger partial charge in [0.15, 0.2) is 0 Å². The van der Waals surface area contributed by atoms with Crippen molar-refractivity contribution in [1.29, 1.82) is 0 Å². The molecule has 0 fully saturated rings. The monoisotopic (exact) mass is 1510 g/mol. The highest BCUT2D eigenvalue weighted by Gasteiger charge is 2.18. The van der Waals surface area contributed by atoms with Gasteiger partial charge in [0.1, 0.15) is 12.2 Å². The van der Waals surface area contributed by atoms with Crippen molar-refractivity contribution in [2.45, 2.75) is 497 Å². The quantitative estimate of drug-likeness (QED) is 0.0336. The van der Waals surface area contributed by atoms with Crippen LogP contribution in [0.2, 0.25) is 0 Å². The summed E-state index contributed by atoms with van der Waals surface area (Å²) in [6.07, 6.45) is 75.3. The highest BCUT2D eigenvalue weighted by Crippen LogP contribution is 2.22. The summed E-state index contributed by atoms with van der Waals surface area (Å²) in [5.41, 5.74) is 0. The van der Waals surface area contributed by atoms with E-state index in [0.717, 1.165) is 219 Å². The Balaban J connectivity index is 5.31. The molecular formula is C93H180N4O10. The molecule has 0 aliphatic heterocycles. The minimum atomic E-state index is -0.0712. The number of unbranched alkanes of at least 4 members (excludes halogenated alkanes) is 48. The molecule has 107 heavy (non-hydrogen) atoms. The number of esters is 4. The first-order valence-corrected chi connectivity index (χ1v) is 47.2. The molecule has 0 heterocycles. The molecule has 0 saturated carbocycles. The van der Waals surface area contributed by atoms with Gasteiger partial charge in [-0.2, -0.15) is 0 Å². The van der Waals surface area contributed by atoms with Gasteiger partial charge < -0.3 is 39.4 Å². The van der Waals surface area contributed by atoms with Crippen molar-refractivity contribution < 1.29 is 47.7 Å². The van der Waals surface area contributed by atoms with Gasteiger partial charge in [-0.1, -0.05) is 311 Å². The normalized spacial score (nSPS) is 11.6.